The molecule has 9 heteroatoms. The van der Waals surface area contributed by atoms with Gasteiger partial charge in [0.05, 0.1) is 28.6 Å². The minimum Gasteiger partial charge on any atom is -0.481 e. The second-order valence-electron chi connectivity index (χ2n) is 8.28. The number of anilines is 1. The minimum atomic E-state index is -1.22. The fraction of sp³-hybridized carbons (Fsp3) is 0.214. The van der Waals surface area contributed by atoms with Gasteiger partial charge in [-0.25, -0.2) is 8.93 Å². The van der Waals surface area contributed by atoms with E-state index in [1.165, 1.54) is 4.68 Å². The number of aromatic nitrogens is 2. The summed E-state index contributed by atoms with van der Waals surface area (Å²) >= 11 is 6.13. The Bertz CT molecular complexity index is 1380. The molecule has 1 heterocycles. The largest absolute Gasteiger partial charge is 0.481 e. The Balaban J connectivity index is 1.54. The van der Waals surface area contributed by atoms with E-state index in [0.29, 0.717) is 41.8 Å². The fourth-order valence-corrected chi connectivity index (χ4v) is 4.97. The van der Waals surface area contributed by atoms with E-state index in [4.69, 9.17) is 16.3 Å². The van der Waals surface area contributed by atoms with Gasteiger partial charge in [-0.3, -0.25) is 4.79 Å². The first-order valence-electron chi connectivity index (χ1n) is 12.0. The standard InChI is InChI=1S/C28H29ClN4O3S/c1-2-32(17-16-31-37(35)21-22-10-5-3-6-11-22)26-19-30-33(25-14-7-4-8-15-25)28(34)27(26)36-20-23-12-9-13-24(29)18-23/h3-15,18-19,31H,2,16-17,20-21H2,1H3. The highest BCUT2D eigenvalue weighted by Gasteiger charge is 2.19. The van der Waals surface area contributed by atoms with Crippen molar-refractivity contribution in [3.05, 3.63) is 118 Å². The Hall–Kier alpha value is -3.46. The number of likely N-dealkylation sites (N-methyl/N-ethyl adjacent to an activating group) is 1. The highest BCUT2D eigenvalue weighted by molar-refractivity contribution is 7.82. The van der Waals surface area contributed by atoms with E-state index >= 15 is 0 Å². The van der Waals surface area contributed by atoms with Crippen molar-refractivity contribution in [2.75, 3.05) is 24.5 Å². The molecule has 1 unspecified atom stereocenters. The molecule has 3 aromatic carbocycles. The third-order valence-corrected chi connectivity index (χ3v) is 7.05. The molecular formula is C28H29ClN4O3S. The lowest BCUT2D eigenvalue weighted by Crippen LogP contribution is -2.35. The van der Waals surface area contributed by atoms with E-state index in [-0.39, 0.29) is 17.9 Å². The molecule has 0 radical (unpaired) electrons. The van der Waals surface area contributed by atoms with Crippen molar-refractivity contribution in [2.24, 2.45) is 0 Å². The van der Waals surface area contributed by atoms with E-state index in [1.54, 1.807) is 12.3 Å². The molecule has 1 aromatic heterocycles. The number of nitrogens with zero attached hydrogens (tertiary/aromatic N) is 3. The third kappa shape index (κ3) is 7.29. The van der Waals surface area contributed by atoms with Crippen LogP contribution in [0, 0.1) is 0 Å². The molecule has 0 bridgehead atoms. The summed E-state index contributed by atoms with van der Waals surface area (Å²) < 4.78 is 23.0. The van der Waals surface area contributed by atoms with Gasteiger partial charge in [-0.05, 0) is 42.3 Å². The van der Waals surface area contributed by atoms with Gasteiger partial charge >= 0.3 is 5.56 Å². The zero-order valence-corrected chi connectivity index (χ0v) is 22.1. The predicted molar refractivity (Wildman–Crippen MR) is 150 cm³/mol. The van der Waals surface area contributed by atoms with Crippen molar-refractivity contribution in [1.29, 1.82) is 0 Å². The Morgan fingerprint density at radius 2 is 1.70 bits per heavy atom. The van der Waals surface area contributed by atoms with Crippen LogP contribution >= 0.6 is 11.6 Å². The molecule has 0 aliphatic heterocycles. The van der Waals surface area contributed by atoms with Gasteiger partial charge in [0.2, 0.25) is 5.75 Å². The van der Waals surface area contributed by atoms with Crippen molar-refractivity contribution in [3.63, 3.8) is 0 Å². The van der Waals surface area contributed by atoms with Gasteiger partial charge in [0.15, 0.2) is 0 Å². The minimum absolute atomic E-state index is 0.179. The third-order valence-electron chi connectivity index (χ3n) is 5.70. The molecule has 37 heavy (non-hydrogen) atoms. The van der Waals surface area contributed by atoms with Crippen LogP contribution in [0.25, 0.3) is 5.69 Å². The van der Waals surface area contributed by atoms with Crippen molar-refractivity contribution < 1.29 is 8.95 Å². The van der Waals surface area contributed by atoms with Gasteiger partial charge in [0, 0.05) is 24.7 Å². The molecule has 0 saturated heterocycles. The maximum Gasteiger partial charge on any atom is 0.316 e. The Kier molecular flexibility index (Phi) is 9.48. The van der Waals surface area contributed by atoms with Crippen LogP contribution in [0.5, 0.6) is 5.75 Å². The number of hydrogen-bond donors (Lipinski definition) is 1. The molecule has 4 rings (SSSR count). The summed E-state index contributed by atoms with van der Waals surface area (Å²) in [5, 5.41) is 5.03. The highest BCUT2D eigenvalue weighted by atomic mass is 35.5. The second-order valence-corrected chi connectivity index (χ2v) is 9.98. The summed E-state index contributed by atoms with van der Waals surface area (Å²) in [7, 11) is -1.22. The Morgan fingerprint density at radius 1 is 1.00 bits per heavy atom. The van der Waals surface area contributed by atoms with E-state index in [0.717, 1.165) is 11.1 Å². The predicted octanol–water partition coefficient (Wildman–Crippen LogP) is 4.74. The molecule has 0 saturated carbocycles. The molecule has 0 aliphatic carbocycles. The molecule has 4 aromatic rings. The van der Waals surface area contributed by atoms with Gasteiger partial charge < -0.3 is 9.64 Å². The summed E-state index contributed by atoms with van der Waals surface area (Å²) in [5.74, 6) is 0.626. The molecule has 0 spiro atoms. The second kappa shape index (κ2) is 13.2. The molecule has 0 fully saturated rings. The molecule has 7 nitrogen and oxygen atoms in total. The quantitative estimate of drug-likeness (QED) is 0.283. The average Bonchev–Trinajstić information content (AvgIpc) is 2.91. The first-order chi connectivity index (χ1) is 18.0. The van der Waals surface area contributed by atoms with E-state index in [9.17, 15) is 9.00 Å². The van der Waals surface area contributed by atoms with E-state index < -0.39 is 11.0 Å². The Morgan fingerprint density at radius 3 is 2.41 bits per heavy atom. The van der Waals surface area contributed by atoms with Crippen molar-refractivity contribution in [3.8, 4) is 11.4 Å². The number of nitrogens with one attached hydrogen (secondary N) is 1. The number of benzene rings is 3. The number of halogens is 1. The molecular weight excluding hydrogens is 508 g/mol. The maximum absolute atomic E-state index is 13.5. The van der Waals surface area contributed by atoms with Crippen LogP contribution in [0.1, 0.15) is 18.1 Å². The van der Waals surface area contributed by atoms with E-state index in [2.05, 4.69) is 9.82 Å². The number of para-hydroxylation sites is 1. The van der Waals surface area contributed by atoms with Gasteiger partial charge in [0.1, 0.15) is 12.3 Å². The average molecular weight is 537 g/mol. The lowest BCUT2D eigenvalue weighted by Gasteiger charge is -2.25. The van der Waals surface area contributed by atoms with Gasteiger partial charge in [-0.2, -0.15) is 9.78 Å². The van der Waals surface area contributed by atoms with Crippen molar-refractivity contribution in [1.82, 2.24) is 14.5 Å². The van der Waals surface area contributed by atoms with E-state index in [1.807, 2.05) is 90.7 Å². The normalized spacial score (nSPS) is 11.7. The van der Waals surface area contributed by atoms with Crippen LogP contribution in [0.3, 0.4) is 0 Å². The van der Waals surface area contributed by atoms with Gasteiger partial charge in [-0.1, -0.05) is 72.3 Å². The molecule has 0 aliphatic rings. The summed E-state index contributed by atoms with van der Waals surface area (Å²) in [5.41, 5.74) is 2.72. The zero-order valence-electron chi connectivity index (χ0n) is 20.5. The van der Waals surface area contributed by atoms with Crippen LogP contribution in [-0.4, -0.2) is 33.6 Å². The van der Waals surface area contributed by atoms with Crippen LogP contribution in [-0.2, 0) is 23.3 Å². The van der Waals surface area contributed by atoms with Crippen LogP contribution in [0.4, 0.5) is 5.69 Å². The monoisotopic (exact) mass is 536 g/mol. The summed E-state index contributed by atoms with van der Waals surface area (Å²) in [6.07, 6.45) is 1.64. The highest BCUT2D eigenvalue weighted by Crippen LogP contribution is 2.25. The lowest BCUT2D eigenvalue weighted by atomic mass is 10.2. The maximum atomic E-state index is 13.5. The smallest absolute Gasteiger partial charge is 0.316 e. The fourth-order valence-electron chi connectivity index (χ4n) is 3.85. The van der Waals surface area contributed by atoms with Crippen LogP contribution in [0.15, 0.2) is 95.9 Å². The van der Waals surface area contributed by atoms with Crippen molar-refractivity contribution in [2.45, 2.75) is 19.3 Å². The zero-order chi connectivity index (χ0) is 26.0. The molecule has 1 N–H and O–H groups in total. The molecule has 1 atom stereocenters. The van der Waals surface area contributed by atoms with Gasteiger partial charge in [0.25, 0.3) is 0 Å². The molecule has 0 amide bonds. The lowest BCUT2D eigenvalue weighted by molar-refractivity contribution is 0.299. The van der Waals surface area contributed by atoms with Crippen LogP contribution < -0.4 is 19.9 Å². The molecule has 192 valence electrons. The Labute approximate surface area is 224 Å². The summed E-state index contributed by atoms with van der Waals surface area (Å²) in [6.45, 7) is 3.75. The number of ether oxygens (including phenoxy) is 1. The van der Waals surface area contributed by atoms with Crippen molar-refractivity contribution >= 4 is 28.3 Å². The first-order valence-corrected chi connectivity index (χ1v) is 13.7. The van der Waals surface area contributed by atoms with Gasteiger partial charge in [-0.15, -0.1) is 0 Å². The topological polar surface area (TPSA) is 76.5 Å². The summed E-state index contributed by atoms with van der Waals surface area (Å²) in [4.78, 5) is 15.5. The number of hydrogen-bond acceptors (Lipinski definition) is 5. The number of rotatable bonds is 12. The first kappa shape index (κ1) is 26.6. The van der Waals surface area contributed by atoms with Crippen LogP contribution in [0.2, 0.25) is 5.02 Å². The SMILES string of the molecule is CCN(CCNS(=O)Cc1ccccc1)c1cnn(-c2ccccc2)c(=O)c1OCc1cccc(Cl)c1. The summed E-state index contributed by atoms with van der Waals surface area (Å²) in [6, 6.07) is 26.3.